The highest BCUT2D eigenvalue weighted by molar-refractivity contribution is 9.10. The highest BCUT2D eigenvalue weighted by atomic mass is 79.9. The largest absolute Gasteiger partial charge is 0.103 e. The zero-order valence-electron chi connectivity index (χ0n) is 8.05. The molecular formula is C11H17Br. The first-order valence-electron chi connectivity index (χ1n) is 4.09. The first kappa shape index (κ1) is 14.0. The molecule has 0 aliphatic rings. The van der Waals surface area contributed by atoms with Gasteiger partial charge < -0.3 is 0 Å². The maximum atomic E-state index is 3.36. The number of hydrogen-bond donors (Lipinski definition) is 0. The van der Waals surface area contributed by atoms with E-state index in [2.05, 4.69) is 22.5 Å². The van der Waals surface area contributed by atoms with Gasteiger partial charge in [-0.15, -0.1) is 6.58 Å². The highest BCUT2D eigenvalue weighted by Gasteiger charge is 1.74. The van der Waals surface area contributed by atoms with E-state index < -0.39 is 0 Å². The van der Waals surface area contributed by atoms with Crippen molar-refractivity contribution in [1.29, 1.82) is 0 Å². The molecular weight excluding hydrogens is 212 g/mol. The molecule has 0 radical (unpaired) electrons. The van der Waals surface area contributed by atoms with Crippen LogP contribution < -0.4 is 0 Å². The minimum absolute atomic E-state index is 1.13. The van der Waals surface area contributed by atoms with Gasteiger partial charge in [-0.25, -0.2) is 0 Å². The molecule has 0 fully saturated rings. The van der Waals surface area contributed by atoms with E-state index in [-0.39, 0.29) is 0 Å². The van der Waals surface area contributed by atoms with Crippen molar-refractivity contribution in [3.63, 3.8) is 0 Å². The Kier molecular flexibility index (Phi) is 15.2. The zero-order valence-corrected chi connectivity index (χ0v) is 9.64. The van der Waals surface area contributed by atoms with Gasteiger partial charge in [-0.2, -0.15) is 0 Å². The summed E-state index contributed by atoms with van der Waals surface area (Å²) in [4.78, 5) is 0. The molecule has 0 amide bonds. The Morgan fingerprint density at radius 3 is 1.67 bits per heavy atom. The van der Waals surface area contributed by atoms with Crippen LogP contribution in [0, 0.1) is 0 Å². The van der Waals surface area contributed by atoms with Crippen molar-refractivity contribution < 1.29 is 0 Å². The molecule has 0 bridgehead atoms. The summed E-state index contributed by atoms with van der Waals surface area (Å²) in [6, 6.07) is 9.97. The third-order valence-corrected chi connectivity index (χ3v) is 1.26. The first-order chi connectivity index (χ1) is 5.81. The van der Waals surface area contributed by atoms with Gasteiger partial charge in [0.1, 0.15) is 0 Å². The molecule has 0 saturated carbocycles. The molecule has 0 N–H and O–H groups in total. The summed E-state index contributed by atoms with van der Waals surface area (Å²) >= 11 is 3.31. The molecule has 68 valence electrons. The van der Waals surface area contributed by atoms with Crippen molar-refractivity contribution in [3.8, 4) is 0 Å². The Morgan fingerprint density at radius 2 is 1.50 bits per heavy atom. The number of hydrogen-bond acceptors (Lipinski definition) is 0. The van der Waals surface area contributed by atoms with Gasteiger partial charge >= 0.3 is 0 Å². The molecule has 1 aromatic carbocycles. The van der Waals surface area contributed by atoms with Crippen LogP contribution in [0.25, 0.3) is 0 Å². The van der Waals surface area contributed by atoms with Gasteiger partial charge in [0.15, 0.2) is 0 Å². The van der Waals surface area contributed by atoms with Crippen LogP contribution >= 0.6 is 15.9 Å². The Morgan fingerprint density at radius 1 is 1.17 bits per heavy atom. The lowest BCUT2D eigenvalue weighted by molar-refractivity contribution is 1.50. The SMILES string of the molecule is Brc1ccccc1.C=CC.CC. The van der Waals surface area contributed by atoms with Crippen LogP contribution in [0.1, 0.15) is 20.8 Å². The second-order valence-corrected chi connectivity index (χ2v) is 2.62. The lowest BCUT2D eigenvalue weighted by Crippen LogP contribution is -1.55. The standard InChI is InChI=1S/C6H5Br.C3H6.C2H6/c7-6-4-2-1-3-5-6;1-3-2;1-2/h1-5H;3H,1H2,2H3;1-2H3. The summed E-state index contributed by atoms with van der Waals surface area (Å²) in [7, 11) is 0. The second-order valence-electron chi connectivity index (χ2n) is 1.70. The van der Waals surface area contributed by atoms with Crippen LogP contribution in [0.5, 0.6) is 0 Å². The normalized spacial score (nSPS) is 6.67. The number of benzene rings is 1. The van der Waals surface area contributed by atoms with Gasteiger partial charge in [0, 0.05) is 4.47 Å². The molecule has 1 heteroatoms. The lowest BCUT2D eigenvalue weighted by atomic mass is 10.4. The van der Waals surface area contributed by atoms with Crippen LogP contribution in [0.15, 0.2) is 47.5 Å². The van der Waals surface area contributed by atoms with Gasteiger partial charge in [-0.05, 0) is 19.1 Å². The van der Waals surface area contributed by atoms with E-state index in [4.69, 9.17) is 0 Å². The average Bonchev–Trinajstić information content (AvgIpc) is 2.11. The molecule has 0 saturated heterocycles. The number of rotatable bonds is 0. The van der Waals surface area contributed by atoms with Crippen LogP contribution in [0.4, 0.5) is 0 Å². The van der Waals surface area contributed by atoms with Crippen LogP contribution in [-0.2, 0) is 0 Å². The van der Waals surface area contributed by atoms with E-state index in [0.29, 0.717) is 0 Å². The molecule has 0 aliphatic carbocycles. The predicted octanol–water partition coefficient (Wildman–Crippen LogP) is 4.67. The Balaban J connectivity index is 0. The molecule has 1 aromatic rings. The molecule has 0 aromatic heterocycles. The molecule has 0 spiro atoms. The first-order valence-corrected chi connectivity index (χ1v) is 4.88. The number of halogens is 1. The van der Waals surface area contributed by atoms with Crippen LogP contribution in [-0.4, -0.2) is 0 Å². The van der Waals surface area contributed by atoms with E-state index in [1.807, 2.05) is 51.1 Å². The van der Waals surface area contributed by atoms with Crippen LogP contribution in [0.2, 0.25) is 0 Å². The van der Waals surface area contributed by atoms with Crippen molar-refractivity contribution in [1.82, 2.24) is 0 Å². The smallest absolute Gasteiger partial charge is 0.0175 e. The minimum Gasteiger partial charge on any atom is -0.103 e. The molecule has 12 heavy (non-hydrogen) atoms. The maximum Gasteiger partial charge on any atom is 0.0175 e. The summed E-state index contributed by atoms with van der Waals surface area (Å²) in [5.41, 5.74) is 0. The number of allylic oxidation sites excluding steroid dienone is 1. The van der Waals surface area contributed by atoms with Gasteiger partial charge in [-0.1, -0.05) is 54.1 Å². The zero-order chi connectivity index (χ0) is 9.82. The van der Waals surface area contributed by atoms with E-state index in [0.717, 1.165) is 4.47 Å². The Bertz CT molecular complexity index is 168. The Hall–Kier alpha value is -0.560. The van der Waals surface area contributed by atoms with E-state index >= 15 is 0 Å². The molecule has 0 atom stereocenters. The monoisotopic (exact) mass is 228 g/mol. The van der Waals surface area contributed by atoms with Crippen molar-refractivity contribution in [3.05, 3.63) is 47.5 Å². The summed E-state index contributed by atoms with van der Waals surface area (Å²) < 4.78 is 1.13. The lowest BCUT2D eigenvalue weighted by Gasteiger charge is -1.80. The fraction of sp³-hybridized carbons (Fsp3) is 0.273. The molecule has 0 nitrogen and oxygen atoms in total. The van der Waals surface area contributed by atoms with Gasteiger partial charge in [0.25, 0.3) is 0 Å². The summed E-state index contributed by atoms with van der Waals surface area (Å²) in [5, 5.41) is 0. The highest BCUT2D eigenvalue weighted by Crippen LogP contribution is 2.05. The molecule has 0 heterocycles. The van der Waals surface area contributed by atoms with Gasteiger partial charge in [-0.3, -0.25) is 0 Å². The summed E-state index contributed by atoms with van der Waals surface area (Å²) in [5.74, 6) is 0. The fourth-order valence-corrected chi connectivity index (χ4v) is 0.720. The Labute approximate surface area is 84.4 Å². The summed E-state index contributed by atoms with van der Waals surface area (Å²) in [6.45, 7) is 9.25. The fourth-order valence-electron chi connectivity index (χ4n) is 0.415. The average molecular weight is 229 g/mol. The van der Waals surface area contributed by atoms with Crippen LogP contribution in [0.3, 0.4) is 0 Å². The molecule has 0 aliphatic heterocycles. The van der Waals surface area contributed by atoms with Crippen molar-refractivity contribution >= 4 is 15.9 Å². The van der Waals surface area contributed by atoms with Gasteiger partial charge in [0.05, 0.1) is 0 Å². The second kappa shape index (κ2) is 13.1. The third-order valence-electron chi connectivity index (χ3n) is 0.733. The quantitative estimate of drug-likeness (QED) is 0.567. The summed E-state index contributed by atoms with van der Waals surface area (Å²) in [6.07, 6.45) is 1.75. The van der Waals surface area contributed by atoms with Gasteiger partial charge in [0.2, 0.25) is 0 Å². The third kappa shape index (κ3) is 12.1. The van der Waals surface area contributed by atoms with E-state index in [1.165, 1.54) is 0 Å². The molecule has 0 unspecified atom stereocenters. The van der Waals surface area contributed by atoms with E-state index in [1.54, 1.807) is 6.08 Å². The van der Waals surface area contributed by atoms with Crippen molar-refractivity contribution in [2.75, 3.05) is 0 Å². The minimum atomic E-state index is 1.13. The van der Waals surface area contributed by atoms with Crippen molar-refractivity contribution in [2.45, 2.75) is 20.8 Å². The topological polar surface area (TPSA) is 0 Å². The van der Waals surface area contributed by atoms with E-state index in [9.17, 15) is 0 Å². The predicted molar refractivity (Wildman–Crippen MR) is 61.4 cm³/mol. The van der Waals surface area contributed by atoms with Crippen molar-refractivity contribution in [2.24, 2.45) is 0 Å². The molecule has 1 rings (SSSR count). The maximum absolute atomic E-state index is 3.36.